The van der Waals surface area contributed by atoms with Gasteiger partial charge in [-0.3, -0.25) is 0 Å². The Hall–Kier alpha value is -0.970. The van der Waals surface area contributed by atoms with Gasteiger partial charge >= 0.3 is 0 Å². The van der Waals surface area contributed by atoms with E-state index in [1.807, 2.05) is 0 Å². The first-order valence-corrected chi connectivity index (χ1v) is 12.0. The monoisotopic (exact) mass is 411 g/mol. The highest BCUT2D eigenvalue weighted by atomic mass is 35.5. The average molecular weight is 412 g/mol. The van der Waals surface area contributed by atoms with Gasteiger partial charge in [-0.05, 0) is 105 Å². The third-order valence-corrected chi connectivity index (χ3v) is 9.01. The topological polar surface area (TPSA) is 26.0 Å². The molecule has 5 aliphatic rings. The zero-order valence-corrected chi connectivity index (χ0v) is 18.9. The number of hydrogen-bond donors (Lipinski definition) is 1. The van der Waals surface area contributed by atoms with Crippen LogP contribution in [0.3, 0.4) is 0 Å². The zero-order chi connectivity index (χ0) is 19.1. The van der Waals surface area contributed by atoms with Crippen LogP contribution in [0.5, 0.6) is 0 Å². The molecule has 0 aromatic heterocycles. The molecule has 0 saturated heterocycles. The van der Waals surface area contributed by atoms with E-state index in [1.165, 1.54) is 69.8 Å². The molecule has 5 aliphatic carbocycles. The van der Waals surface area contributed by atoms with Gasteiger partial charge in [-0.25, -0.2) is 0 Å². The van der Waals surface area contributed by atoms with E-state index in [1.54, 1.807) is 5.56 Å². The summed E-state index contributed by atoms with van der Waals surface area (Å²) in [4.78, 5) is 0. The highest BCUT2D eigenvalue weighted by Crippen LogP contribution is 2.59. The zero-order valence-electron chi connectivity index (χ0n) is 18.0. The minimum Gasteiger partial charge on any atom is -0.327 e. The van der Waals surface area contributed by atoms with Crippen molar-refractivity contribution in [2.45, 2.75) is 89.5 Å². The van der Waals surface area contributed by atoms with Crippen LogP contribution in [0.1, 0.15) is 94.6 Å². The van der Waals surface area contributed by atoms with Crippen molar-refractivity contribution in [3.63, 3.8) is 0 Å². The predicted octanol–water partition coefficient (Wildman–Crippen LogP) is 6.69. The van der Waals surface area contributed by atoms with E-state index in [-0.39, 0.29) is 23.9 Å². The van der Waals surface area contributed by atoms with E-state index in [9.17, 15) is 0 Å². The molecule has 1 nitrogen and oxygen atoms in total. The van der Waals surface area contributed by atoms with E-state index >= 15 is 0 Å². The maximum atomic E-state index is 6.37. The Balaban J connectivity index is 0.00000205. The third kappa shape index (κ3) is 4.13. The number of hydrogen-bond acceptors (Lipinski definition) is 1. The molecule has 1 unspecified atom stereocenters. The quantitative estimate of drug-likeness (QED) is 0.551. The van der Waals surface area contributed by atoms with Crippen LogP contribution in [0, 0.1) is 40.9 Å². The molecule has 1 aromatic carbocycles. The van der Waals surface area contributed by atoms with Crippen LogP contribution in [0.15, 0.2) is 24.3 Å². The van der Waals surface area contributed by atoms with Crippen molar-refractivity contribution in [1.29, 1.82) is 0 Å². The Labute approximate surface area is 184 Å². The Morgan fingerprint density at radius 1 is 0.931 bits per heavy atom. The first-order valence-electron chi connectivity index (χ1n) is 12.0. The van der Waals surface area contributed by atoms with Gasteiger partial charge in [0.2, 0.25) is 0 Å². The van der Waals surface area contributed by atoms with Crippen molar-refractivity contribution in [1.82, 2.24) is 0 Å². The van der Waals surface area contributed by atoms with Gasteiger partial charge in [0.05, 0.1) is 0 Å². The highest BCUT2D eigenvalue weighted by Gasteiger charge is 2.48. The van der Waals surface area contributed by atoms with Crippen LogP contribution < -0.4 is 5.73 Å². The summed E-state index contributed by atoms with van der Waals surface area (Å²) in [5.74, 6) is 11.8. The van der Waals surface area contributed by atoms with E-state index in [4.69, 9.17) is 5.73 Å². The molecule has 2 heteroatoms. The van der Waals surface area contributed by atoms with Crippen LogP contribution >= 0.6 is 12.4 Å². The van der Waals surface area contributed by atoms with Crippen molar-refractivity contribution in [3.05, 3.63) is 35.4 Å². The molecule has 0 amide bonds. The van der Waals surface area contributed by atoms with Gasteiger partial charge in [-0.15, -0.1) is 12.4 Å². The molecule has 0 radical (unpaired) electrons. The summed E-state index contributed by atoms with van der Waals surface area (Å²) in [6, 6.07) is 9.62. The second-order valence-corrected chi connectivity index (χ2v) is 10.8. The maximum Gasteiger partial charge on any atom is 0.0245 e. The molecule has 1 atom stereocenters. The Morgan fingerprint density at radius 2 is 1.52 bits per heavy atom. The van der Waals surface area contributed by atoms with Gasteiger partial charge in [0, 0.05) is 18.0 Å². The standard InChI is InChI=1S/C27H37N.ClH/c1-19(28)27(11-3-2-4-12-27)13-5-6-20-7-9-23(10-8-20)26-24-15-21-14-22(17-24)18-25(26)16-21;/h7-10,19,21-22,24-26H,2-4,11-18,28H2,1H3;1H. The summed E-state index contributed by atoms with van der Waals surface area (Å²) in [5, 5.41) is 0. The number of benzene rings is 1. The van der Waals surface area contributed by atoms with Crippen molar-refractivity contribution < 1.29 is 0 Å². The van der Waals surface area contributed by atoms with Crippen molar-refractivity contribution >= 4 is 12.4 Å². The SMILES string of the molecule is CC(N)C1(CC#Cc2ccc(C3C4CC5CC(C4)CC3C5)cc2)CCCCC1.Cl. The smallest absolute Gasteiger partial charge is 0.0245 e. The lowest BCUT2D eigenvalue weighted by Gasteiger charge is -2.54. The predicted molar refractivity (Wildman–Crippen MR) is 124 cm³/mol. The minimum atomic E-state index is 0. The highest BCUT2D eigenvalue weighted by molar-refractivity contribution is 5.85. The molecule has 0 aliphatic heterocycles. The molecule has 0 spiro atoms. The van der Waals surface area contributed by atoms with E-state index in [0.717, 1.165) is 36.0 Å². The molecule has 2 N–H and O–H groups in total. The van der Waals surface area contributed by atoms with Gasteiger partial charge in [0.15, 0.2) is 0 Å². The fourth-order valence-corrected chi connectivity index (χ4v) is 7.63. The lowest BCUT2D eigenvalue weighted by molar-refractivity contribution is -0.00277. The molecular formula is C27H38ClN. The average Bonchev–Trinajstić information content (AvgIpc) is 2.69. The number of halogens is 1. The van der Waals surface area contributed by atoms with Crippen LogP contribution in [0.4, 0.5) is 0 Å². The molecule has 6 rings (SSSR count). The summed E-state index contributed by atoms with van der Waals surface area (Å²) < 4.78 is 0. The lowest BCUT2D eigenvalue weighted by atomic mass is 9.51. The Morgan fingerprint density at radius 3 is 2.07 bits per heavy atom. The van der Waals surface area contributed by atoms with E-state index < -0.39 is 0 Å². The van der Waals surface area contributed by atoms with Crippen molar-refractivity contribution in [2.75, 3.05) is 0 Å². The van der Waals surface area contributed by atoms with Crippen LogP contribution in [0.25, 0.3) is 0 Å². The molecule has 1 aromatic rings. The van der Waals surface area contributed by atoms with Gasteiger partial charge in [-0.2, -0.15) is 0 Å². The van der Waals surface area contributed by atoms with Crippen LogP contribution in [-0.2, 0) is 0 Å². The van der Waals surface area contributed by atoms with Gasteiger partial charge in [-0.1, -0.05) is 43.2 Å². The minimum absolute atomic E-state index is 0. The normalized spacial score (nSPS) is 35.3. The molecule has 29 heavy (non-hydrogen) atoms. The first-order chi connectivity index (χ1) is 13.6. The summed E-state index contributed by atoms with van der Waals surface area (Å²) in [6.45, 7) is 2.19. The van der Waals surface area contributed by atoms with Crippen LogP contribution in [0.2, 0.25) is 0 Å². The lowest BCUT2D eigenvalue weighted by Crippen LogP contribution is -2.43. The second kappa shape index (κ2) is 8.64. The molecule has 158 valence electrons. The number of rotatable bonds is 3. The van der Waals surface area contributed by atoms with E-state index in [2.05, 4.69) is 43.0 Å². The number of nitrogens with two attached hydrogens (primary N) is 1. The van der Waals surface area contributed by atoms with Gasteiger partial charge in [0.1, 0.15) is 0 Å². The summed E-state index contributed by atoms with van der Waals surface area (Å²) >= 11 is 0. The molecular weight excluding hydrogens is 374 g/mol. The van der Waals surface area contributed by atoms with Crippen LogP contribution in [-0.4, -0.2) is 6.04 Å². The van der Waals surface area contributed by atoms with Gasteiger partial charge < -0.3 is 5.73 Å². The Bertz CT molecular complexity index is 719. The second-order valence-electron chi connectivity index (χ2n) is 10.8. The van der Waals surface area contributed by atoms with Gasteiger partial charge in [0.25, 0.3) is 0 Å². The molecule has 4 bridgehead atoms. The van der Waals surface area contributed by atoms with E-state index in [0.29, 0.717) is 0 Å². The molecule has 0 heterocycles. The molecule has 5 fully saturated rings. The summed E-state index contributed by atoms with van der Waals surface area (Å²) in [6.07, 6.45) is 15.0. The fourth-order valence-electron chi connectivity index (χ4n) is 7.63. The molecule has 5 saturated carbocycles. The van der Waals surface area contributed by atoms with Crippen molar-refractivity contribution in [3.8, 4) is 11.8 Å². The third-order valence-electron chi connectivity index (χ3n) is 9.01. The largest absolute Gasteiger partial charge is 0.327 e. The summed E-state index contributed by atoms with van der Waals surface area (Å²) in [7, 11) is 0. The fraction of sp³-hybridized carbons (Fsp3) is 0.704. The Kier molecular flexibility index (Phi) is 6.34. The first kappa shape index (κ1) is 21.3. The van der Waals surface area contributed by atoms with Crippen molar-refractivity contribution in [2.24, 2.45) is 34.8 Å². The summed E-state index contributed by atoms with van der Waals surface area (Å²) in [5.41, 5.74) is 9.41. The maximum absolute atomic E-state index is 6.37.